The third kappa shape index (κ3) is 1.37. The van der Waals surface area contributed by atoms with Crippen molar-refractivity contribution in [2.24, 2.45) is 9.98 Å². The molecule has 0 fully saturated rings. The number of benzene rings is 2. The third-order valence-corrected chi connectivity index (χ3v) is 3.26. The Labute approximate surface area is 104 Å². The maximum absolute atomic E-state index is 4.61. The van der Waals surface area contributed by atoms with Gasteiger partial charge in [0.05, 0.1) is 17.6 Å². The van der Waals surface area contributed by atoms with Crippen LogP contribution in [0.2, 0.25) is 0 Å². The van der Waals surface area contributed by atoms with E-state index in [1.807, 2.05) is 36.4 Å². The fourth-order valence-electron chi connectivity index (χ4n) is 2.35. The SMILES string of the molecule is C1=c2ccccc2=NC2=Nc3ccccc3CN12. The van der Waals surface area contributed by atoms with Gasteiger partial charge in [0.15, 0.2) is 0 Å². The molecule has 86 valence electrons. The average Bonchev–Trinajstić information content (AvgIpc) is 2.42. The number of nitrogens with zero attached hydrogens (tertiary/aromatic N) is 3. The predicted octanol–water partition coefficient (Wildman–Crippen LogP) is 1.56. The minimum atomic E-state index is 0.785. The second-order valence-corrected chi connectivity index (χ2v) is 4.47. The summed E-state index contributed by atoms with van der Waals surface area (Å²) >= 11 is 0. The molecule has 0 aliphatic carbocycles. The van der Waals surface area contributed by atoms with E-state index in [-0.39, 0.29) is 0 Å². The summed E-state index contributed by atoms with van der Waals surface area (Å²) in [5.41, 5.74) is 2.27. The average molecular weight is 233 g/mol. The number of para-hydroxylation sites is 2. The maximum atomic E-state index is 4.61. The smallest absolute Gasteiger partial charge is 0.230 e. The third-order valence-electron chi connectivity index (χ3n) is 3.26. The van der Waals surface area contributed by atoms with Crippen LogP contribution >= 0.6 is 0 Å². The zero-order chi connectivity index (χ0) is 11.9. The van der Waals surface area contributed by atoms with Crippen LogP contribution in [-0.4, -0.2) is 10.9 Å². The zero-order valence-electron chi connectivity index (χ0n) is 9.74. The van der Waals surface area contributed by atoms with E-state index in [2.05, 4.69) is 33.2 Å². The Morgan fingerprint density at radius 1 is 0.889 bits per heavy atom. The zero-order valence-corrected chi connectivity index (χ0v) is 9.74. The van der Waals surface area contributed by atoms with Crippen molar-refractivity contribution in [2.45, 2.75) is 6.54 Å². The summed E-state index contributed by atoms with van der Waals surface area (Å²) < 4.78 is 0. The van der Waals surface area contributed by atoms with E-state index >= 15 is 0 Å². The highest BCUT2D eigenvalue weighted by Crippen LogP contribution is 2.26. The topological polar surface area (TPSA) is 28.0 Å². The number of rotatable bonds is 0. The normalized spacial score (nSPS) is 15.6. The number of fused-ring (bicyclic) bond motifs is 3. The predicted molar refractivity (Wildman–Crippen MR) is 70.8 cm³/mol. The van der Waals surface area contributed by atoms with Crippen molar-refractivity contribution in [1.82, 2.24) is 4.90 Å². The monoisotopic (exact) mass is 233 g/mol. The first-order chi connectivity index (χ1) is 8.90. The molecule has 0 radical (unpaired) electrons. The van der Waals surface area contributed by atoms with Gasteiger partial charge in [0.25, 0.3) is 0 Å². The standard InChI is InChI=1S/C15H11N3/c1-3-7-13-11(5-1)9-18-10-12-6-2-4-8-14(12)17-15(18)16-13/h1-9H,10H2. The van der Waals surface area contributed by atoms with Crippen LogP contribution in [0.4, 0.5) is 5.69 Å². The second-order valence-electron chi connectivity index (χ2n) is 4.47. The van der Waals surface area contributed by atoms with Gasteiger partial charge in [-0.25, -0.2) is 9.98 Å². The van der Waals surface area contributed by atoms with Crippen LogP contribution in [0.5, 0.6) is 0 Å². The van der Waals surface area contributed by atoms with E-state index < -0.39 is 0 Å². The quantitative estimate of drug-likeness (QED) is 0.678. The number of hydrogen-bond donors (Lipinski definition) is 0. The molecule has 0 saturated carbocycles. The van der Waals surface area contributed by atoms with Crippen LogP contribution in [0.1, 0.15) is 5.56 Å². The lowest BCUT2D eigenvalue weighted by atomic mass is 10.1. The van der Waals surface area contributed by atoms with Crippen molar-refractivity contribution in [1.29, 1.82) is 0 Å². The lowest BCUT2D eigenvalue weighted by Gasteiger charge is -2.26. The first kappa shape index (κ1) is 9.59. The highest BCUT2D eigenvalue weighted by Gasteiger charge is 2.19. The van der Waals surface area contributed by atoms with Gasteiger partial charge in [0.2, 0.25) is 5.96 Å². The molecule has 2 aliphatic heterocycles. The van der Waals surface area contributed by atoms with Crippen LogP contribution < -0.4 is 10.6 Å². The van der Waals surface area contributed by atoms with E-state index in [4.69, 9.17) is 0 Å². The molecule has 2 aromatic carbocycles. The van der Waals surface area contributed by atoms with E-state index in [1.165, 1.54) is 5.56 Å². The fraction of sp³-hybridized carbons (Fsp3) is 0.0667. The summed E-state index contributed by atoms with van der Waals surface area (Å²) in [7, 11) is 0. The van der Waals surface area contributed by atoms with Gasteiger partial charge in [-0.05, 0) is 17.7 Å². The van der Waals surface area contributed by atoms with Gasteiger partial charge in [-0.3, -0.25) is 0 Å². The molecule has 4 rings (SSSR count). The lowest BCUT2D eigenvalue weighted by molar-refractivity contribution is 0.572. The summed E-state index contributed by atoms with van der Waals surface area (Å²) in [6.07, 6.45) is 2.12. The molecule has 3 nitrogen and oxygen atoms in total. The molecule has 18 heavy (non-hydrogen) atoms. The van der Waals surface area contributed by atoms with Gasteiger partial charge in [0.1, 0.15) is 0 Å². The van der Waals surface area contributed by atoms with Gasteiger partial charge in [-0.15, -0.1) is 0 Å². The highest BCUT2D eigenvalue weighted by molar-refractivity contribution is 5.89. The molecule has 0 spiro atoms. The van der Waals surface area contributed by atoms with Crippen LogP contribution in [0.3, 0.4) is 0 Å². The molecule has 2 aliphatic rings. The molecule has 0 N–H and O–H groups in total. The van der Waals surface area contributed by atoms with Gasteiger partial charge < -0.3 is 4.90 Å². The molecule has 3 heteroatoms. The molecule has 0 atom stereocenters. The first-order valence-electron chi connectivity index (χ1n) is 5.99. The summed E-state index contributed by atoms with van der Waals surface area (Å²) in [5, 5.41) is 2.14. The van der Waals surface area contributed by atoms with Crippen LogP contribution in [-0.2, 0) is 6.54 Å². The minimum absolute atomic E-state index is 0.785. The summed E-state index contributed by atoms with van der Waals surface area (Å²) in [6, 6.07) is 16.4. The van der Waals surface area contributed by atoms with Gasteiger partial charge in [-0.2, -0.15) is 0 Å². The molecule has 2 heterocycles. The molecular weight excluding hydrogens is 222 g/mol. The van der Waals surface area contributed by atoms with E-state index in [9.17, 15) is 0 Å². The van der Waals surface area contributed by atoms with Crippen LogP contribution in [0, 0.1) is 0 Å². The number of aliphatic imine (C=N–C) groups is 1. The molecule has 0 unspecified atom stereocenters. The first-order valence-corrected chi connectivity index (χ1v) is 5.99. The minimum Gasteiger partial charge on any atom is -0.312 e. The Balaban J connectivity index is 1.96. The number of guanidine groups is 1. The van der Waals surface area contributed by atoms with E-state index in [1.54, 1.807) is 0 Å². The Hall–Kier alpha value is -2.42. The Kier molecular flexibility index (Phi) is 1.88. The van der Waals surface area contributed by atoms with Crippen molar-refractivity contribution in [3.63, 3.8) is 0 Å². The molecule has 0 aromatic heterocycles. The maximum Gasteiger partial charge on any atom is 0.230 e. The van der Waals surface area contributed by atoms with E-state index in [0.717, 1.165) is 28.8 Å². The fourth-order valence-corrected chi connectivity index (χ4v) is 2.35. The Bertz CT molecular complexity index is 774. The lowest BCUT2D eigenvalue weighted by Crippen LogP contribution is -2.39. The molecule has 2 aromatic rings. The van der Waals surface area contributed by atoms with Gasteiger partial charge >= 0.3 is 0 Å². The van der Waals surface area contributed by atoms with Crippen LogP contribution in [0.15, 0.2) is 58.5 Å². The largest absolute Gasteiger partial charge is 0.312 e. The van der Waals surface area contributed by atoms with Crippen molar-refractivity contribution in [2.75, 3.05) is 0 Å². The molecule has 0 saturated heterocycles. The molecule has 0 bridgehead atoms. The molecular formula is C15H11N3. The highest BCUT2D eigenvalue weighted by atomic mass is 15.3. The summed E-state index contributed by atoms with van der Waals surface area (Å²) in [6.45, 7) is 0.840. The summed E-state index contributed by atoms with van der Waals surface area (Å²) in [4.78, 5) is 11.3. The van der Waals surface area contributed by atoms with Crippen molar-refractivity contribution >= 4 is 17.8 Å². The van der Waals surface area contributed by atoms with Crippen molar-refractivity contribution in [3.05, 3.63) is 64.7 Å². The Morgan fingerprint density at radius 2 is 1.72 bits per heavy atom. The van der Waals surface area contributed by atoms with Crippen LogP contribution in [0.25, 0.3) is 6.20 Å². The van der Waals surface area contributed by atoms with Gasteiger partial charge in [-0.1, -0.05) is 36.4 Å². The van der Waals surface area contributed by atoms with Crippen molar-refractivity contribution in [3.8, 4) is 0 Å². The van der Waals surface area contributed by atoms with E-state index in [0.29, 0.717) is 0 Å². The number of hydrogen-bond acceptors (Lipinski definition) is 3. The van der Waals surface area contributed by atoms with Crippen molar-refractivity contribution < 1.29 is 0 Å². The van der Waals surface area contributed by atoms with Gasteiger partial charge in [0, 0.05) is 11.4 Å². The Morgan fingerprint density at radius 3 is 2.72 bits per heavy atom. The second kappa shape index (κ2) is 3.53. The summed E-state index contributed by atoms with van der Waals surface area (Å²) in [5.74, 6) is 0.785. The molecule has 0 amide bonds.